The molecule has 0 radical (unpaired) electrons. The van der Waals surface area contributed by atoms with Crippen molar-refractivity contribution < 1.29 is 24.2 Å². The first kappa shape index (κ1) is 14.8. The van der Waals surface area contributed by atoms with Gasteiger partial charge < -0.3 is 20.1 Å². The molecule has 20 heavy (non-hydrogen) atoms. The van der Waals surface area contributed by atoms with Crippen LogP contribution in [0.2, 0.25) is 0 Å². The molecule has 3 atom stereocenters. The molecule has 0 aliphatic carbocycles. The van der Waals surface area contributed by atoms with Gasteiger partial charge in [0.15, 0.2) is 0 Å². The first-order valence-corrected chi connectivity index (χ1v) is 6.85. The molecule has 2 saturated heterocycles. The summed E-state index contributed by atoms with van der Waals surface area (Å²) in [5.74, 6) is -2.12. The van der Waals surface area contributed by atoms with Gasteiger partial charge in [-0.05, 0) is 12.8 Å². The largest absolute Gasteiger partial charge is 0.481 e. The Morgan fingerprint density at radius 3 is 2.70 bits per heavy atom. The highest BCUT2D eigenvalue weighted by Crippen LogP contribution is 2.19. The van der Waals surface area contributed by atoms with E-state index < -0.39 is 17.9 Å². The van der Waals surface area contributed by atoms with Gasteiger partial charge in [-0.1, -0.05) is 0 Å². The second-order valence-electron chi connectivity index (χ2n) is 5.40. The average Bonchev–Trinajstić information content (AvgIpc) is 2.87. The molecule has 2 fully saturated rings. The van der Waals surface area contributed by atoms with Crippen LogP contribution in [0.15, 0.2) is 0 Å². The number of carbonyl (C=O) groups excluding carboxylic acids is 2. The normalized spacial score (nSPS) is 30.1. The fourth-order valence-corrected chi connectivity index (χ4v) is 2.72. The minimum absolute atomic E-state index is 0.0323. The number of likely N-dealkylation sites (tertiary alicyclic amines) is 1. The van der Waals surface area contributed by atoms with Crippen molar-refractivity contribution in [1.29, 1.82) is 0 Å². The molecule has 7 heteroatoms. The molecule has 3 unspecified atom stereocenters. The number of nitrogens with one attached hydrogen (secondary N) is 1. The van der Waals surface area contributed by atoms with Gasteiger partial charge in [0.25, 0.3) is 0 Å². The highest BCUT2D eigenvalue weighted by molar-refractivity contribution is 5.82. The second-order valence-corrected chi connectivity index (χ2v) is 5.40. The number of ether oxygens (including phenoxy) is 1. The zero-order valence-corrected chi connectivity index (χ0v) is 11.5. The predicted octanol–water partition coefficient (Wildman–Crippen LogP) is -0.539. The average molecular weight is 284 g/mol. The van der Waals surface area contributed by atoms with Gasteiger partial charge in [-0.15, -0.1) is 0 Å². The van der Waals surface area contributed by atoms with E-state index in [2.05, 4.69) is 5.32 Å². The zero-order valence-electron chi connectivity index (χ0n) is 11.5. The lowest BCUT2D eigenvalue weighted by Gasteiger charge is -2.32. The van der Waals surface area contributed by atoms with Crippen molar-refractivity contribution in [3.63, 3.8) is 0 Å². The number of nitrogens with zero attached hydrogens (tertiary/aromatic N) is 1. The van der Waals surface area contributed by atoms with Crippen LogP contribution in [0.4, 0.5) is 0 Å². The van der Waals surface area contributed by atoms with E-state index in [0.29, 0.717) is 13.1 Å². The topological polar surface area (TPSA) is 95.9 Å². The van der Waals surface area contributed by atoms with E-state index in [-0.39, 0.29) is 30.9 Å². The predicted molar refractivity (Wildman–Crippen MR) is 68.9 cm³/mol. The second kappa shape index (κ2) is 6.21. The van der Waals surface area contributed by atoms with Crippen molar-refractivity contribution in [2.24, 2.45) is 11.8 Å². The molecule has 2 rings (SSSR count). The summed E-state index contributed by atoms with van der Waals surface area (Å²) in [4.78, 5) is 36.2. The maximum Gasteiger partial charge on any atom is 0.311 e. The van der Waals surface area contributed by atoms with E-state index in [9.17, 15) is 14.4 Å². The molecule has 0 bridgehead atoms. The van der Waals surface area contributed by atoms with Crippen molar-refractivity contribution in [3.05, 3.63) is 0 Å². The molecule has 2 amide bonds. The molecule has 0 spiro atoms. The first-order chi connectivity index (χ1) is 9.49. The Morgan fingerprint density at radius 2 is 2.05 bits per heavy atom. The summed E-state index contributed by atoms with van der Waals surface area (Å²) in [7, 11) is 0. The van der Waals surface area contributed by atoms with Gasteiger partial charge in [-0.3, -0.25) is 14.4 Å². The molecule has 2 aliphatic heterocycles. The van der Waals surface area contributed by atoms with Crippen LogP contribution in [-0.4, -0.2) is 60.1 Å². The quantitative estimate of drug-likeness (QED) is 0.725. The maximum absolute atomic E-state index is 12.2. The van der Waals surface area contributed by atoms with E-state index in [1.165, 1.54) is 6.92 Å². The lowest BCUT2D eigenvalue weighted by molar-refractivity contribution is -0.142. The van der Waals surface area contributed by atoms with Gasteiger partial charge in [0.05, 0.1) is 25.2 Å². The summed E-state index contributed by atoms with van der Waals surface area (Å²) >= 11 is 0. The van der Waals surface area contributed by atoms with Crippen LogP contribution < -0.4 is 5.32 Å². The van der Waals surface area contributed by atoms with Gasteiger partial charge in [0.2, 0.25) is 11.8 Å². The third kappa shape index (κ3) is 3.27. The van der Waals surface area contributed by atoms with Crippen LogP contribution in [0.5, 0.6) is 0 Å². The third-order valence-corrected chi connectivity index (χ3v) is 3.96. The smallest absolute Gasteiger partial charge is 0.311 e. The minimum Gasteiger partial charge on any atom is -0.481 e. The molecular weight excluding hydrogens is 264 g/mol. The SMILES string of the molecule is CC(=O)N1CCCC(C(=O)NC2COCC2C(=O)O)C1. The maximum atomic E-state index is 12.2. The Bertz CT molecular complexity index is 412. The molecule has 0 saturated carbocycles. The molecule has 0 aromatic carbocycles. The minimum atomic E-state index is -0.957. The van der Waals surface area contributed by atoms with Crippen molar-refractivity contribution in [2.45, 2.75) is 25.8 Å². The summed E-state index contributed by atoms with van der Waals surface area (Å²) in [5, 5.41) is 11.8. The van der Waals surface area contributed by atoms with Crippen LogP contribution >= 0.6 is 0 Å². The highest BCUT2D eigenvalue weighted by Gasteiger charge is 2.37. The fraction of sp³-hybridized carbons (Fsp3) is 0.769. The summed E-state index contributed by atoms with van der Waals surface area (Å²) in [5.41, 5.74) is 0. The van der Waals surface area contributed by atoms with Crippen LogP contribution in [0, 0.1) is 11.8 Å². The number of carboxylic acids is 1. The Hall–Kier alpha value is -1.63. The molecule has 0 aromatic heterocycles. The van der Waals surface area contributed by atoms with E-state index in [0.717, 1.165) is 12.8 Å². The van der Waals surface area contributed by atoms with Crippen LogP contribution in [-0.2, 0) is 19.1 Å². The number of hydrogen-bond acceptors (Lipinski definition) is 4. The Kier molecular flexibility index (Phi) is 4.59. The number of rotatable bonds is 3. The van der Waals surface area contributed by atoms with Gasteiger partial charge in [-0.2, -0.15) is 0 Å². The van der Waals surface area contributed by atoms with Crippen LogP contribution in [0.3, 0.4) is 0 Å². The Morgan fingerprint density at radius 1 is 1.30 bits per heavy atom. The van der Waals surface area contributed by atoms with E-state index in [1.54, 1.807) is 4.90 Å². The van der Waals surface area contributed by atoms with E-state index >= 15 is 0 Å². The number of hydrogen-bond donors (Lipinski definition) is 2. The van der Waals surface area contributed by atoms with Gasteiger partial charge in [0.1, 0.15) is 5.92 Å². The standard InChI is InChI=1S/C13H20N2O5/c1-8(16)15-4-2-3-9(5-15)12(17)14-11-7-20-6-10(11)13(18)19/h9-11H,2-7H2,1H3,(H,14,17)(H,18,19). The molecule has 2 N–H and O–H groups in total. The summed E-state index contributed by atoms with van der Waals surface area (Å²) in [6.07, 6.45) is 1.52. The first-order valence-electron chi connectivity index (χ1n) is 6.85. The Balaban J connectivity index is 1.91. The number of carboxylic acid groups (broad SMARTS) is 1. The van der Waals surface area contributed by atoms with E-state index in [4.69, 9.17) is 9.84 Å². The summed E-state index contributed by atoms with van der Waals surface area (Å²) in [6, 6.07) is -0.479. The highest BCUT2D eigenvalue weighted by atomic mass is 16.5. The van der Waals surface area contributed by atoms with Gasteiger partial charge in [-0.25, -0.2) is 0 Å². The summed E-state index contributed by atoms with van der Waals surface area (Å²) < 4.78 is 5.12. The monoisotopic (exact) mass is 284 g/mol. The molecule has 0 aromatic rings. The zero-order chi connectivity index (χ0) is 14.7. The van der Waals surface area contributed by atoms with Crippen LogP contribution in [0.25, 0.3) is 0 Å². The fourth-order valence-electron chi connectivity index (χ4n) is 2.72. The van der Waals surface area contributed by atoms with E-state index in [1.807, 2.05) is 0 Å². The molecule has 2 aliphatic rings. The summed E-state index contributed by atoms with van der Waals surface area (Å²) in [6.45, 7) is 2.94. The molecule has 112 valence electrons. The van der Waals surface area contributed by atoms with Crippen LogP contribution in [0.1, 0.15) is 19.8 Å². The van der Waals surface area contributed by atoms with Crippen molar-refractivity contribution in [1.82, 2.24) is 10.2 Å². The number of piperidine rings is 1. The van der Waals surface area contributed by atoms with Crippen molar-refractivity contribution in [3.8, 4) is 0 Å². The molecule has 7 nitrogen and oxygen atoms in total. The van der Waals surface area contributed by atoms with Crippen molar-refractivity contribution in [2.75, 3.05) is 26.3 Å². The lowest BCUT2D eigenvalue weighted by Crippen LogP contribution is -2.49. The molecular formula is C13H20N2O5. The lowest BCUT2D eigenvalue weighted by atomic mass is 9.95. The van der Waals surface area contributed by atoms with Gasteiger partial charge >= 0.3 is 5.97 Å². The molecule has 2 heterocycles. The number of amides is 2. The Labute approximate surface area is 117 Å². The number of aliphatic carboxylic acids is 1. The van der Waals surface area contributed by atoms with Gasteiger partial charge in [0, 0.05) is 20.0 Å². The third-order valence-electron chi connectivity index (χ3n) is 3.96. The number of carbonyl (C=O) groups is 3. The van der Waals surface area contributed by atoms with Crippen molar-refractivity contribution >= 4 is 17.8 Å².